The third kappa shape index (κ3) is 4.45. The molecule has 1 aromatic rings. The molecule has 0 aliphatic rings. The molecule has 0 radical (unpaired) electrons. The average molecular weight is 204 g/mol. The molecule has 0 aliphatic heterocycles. The van der Waals surface area contributed by atoms with Crippen LogP contribution < -0.4 is 0 Å². The van der Waals surface area contributed by atoms with E-state index in [2.05, 4.69) is 6.08 Å². The summed E-state index contributed by atoms with van der Waals surface area (Å²) in [5, 5.41) is 0. The maximum Gasteiger partial charge on any atom is 0.338 e. The quantitative estimate of drug-likeness (QED) is 0.427. The van der Waals surface area contributed by atoms with Gasteiger partial charge in [-0.3, -0.25) is 0 Å². The summed E-state index contributed by atoms with van der Waals surface area (Å²) < 4.78 is 5.09. The van der Waals surface area contributed by atoms with Crippen LogP contribution in [0.5, 0.6) is 0 Å². The fourth-order valence-electron chi connectivity index (χ4n) is 1.16. The van der Waals surface area contributed by atoms with Crippen LogP contribution >= 0.6 is 0 Å². The molecule has 0 aliphatic carbocycles. The lowest BCUT2D eigenvalue weighted by Crippen LogP contribution is -2.05. The highest BCUT2D eigenvalue weighted by atomic mass is 16.5. The van der Waals surface area contributed by atoms with Crippen LogP contribution in [0.25, 0.3) is 0 Å². The smallest absolute Gasteiger partial charge is 0.338 e. The molecule has 0 saturated carbocycles. The maximum atomic E-state index is 11.4. The highest BCUT2D eigenvalue weighted by Gasteiger charge is 2.03. The Kier molecular flexibility index (Phi) is 4.61. The number of esters is 1. The van der Waals surface area contributed by atoms with Gasteiger partial charge in [0.15, 0.2) is 0 Å². The fourth-order valence-corrected chi connectivity index (χ4v) is 1.16. The molecule has 0 heterocycles. The molecule has 0 bridgehead atoms. The van der Waals surface area contributed by atoms with E-state index in [9.17, 15) is 4.79 Å². The van der Waals surface area contributed by atoms with Gasteiger partial charge >= 0.3 is 5.97 Å². The van der Waals surface area contributed by atoms with Crippen LogP contribution in [0.2, 0.25) is 0 Å². The zero-order valence-corrected chi connectivity index (χ0v) is 9.19. The molecule has 0 aromatic heterocycles. The van der Waals surface area contributed by atoms with Gasteiger partial charge in [-0.05, 0) is 32.4 Å². The van der Waals surface area contributed by atoms with E-state index in [0.717, 1.165) is 6.42 Å². The average Bonchev–Trinajstić information content (AvgIpc) is 2.25. The summed E-state index contributed by atoms with van der Waals surface area (Å²) in [6.07, 6.45) is 2.83. The van der Waals surface area contributed by atoms with Gasteiger partial charge in [-0.1, -0.05) is 29.8 Å². The van der Waals surface area contributed by atoms with Gasteiger partial charge in [0.1, 0.15) is 0 Å². The van der Waals surface area contributed by atoms with E-state index in [0.29, 0.717) is 12.2 Å². The molecule has 2 nitrogen and oxygen atoms in total. The van der Waals surface area contributed by atoms with Crippen molar-refractivity contribution in [1.29, 1.82) is 0 Å². The number of carbonyl (C=O) groups is 1. The minimum absolute atomic E-state index is 0.252. The van der Waals surface area contributed by atoms with E-state index in [1.165, 1.54) is 5.57 Å². The summed E-state index contributed by atoms with van der Waals surface area (Å²) in [6, 6.07) is 9.03. The van der Waals surface area contributed by atoms with Crippen LogP contribution in [0, 0.1) is 0 Å². The van der Waals surface area contributed by atoms with E-state index < -0.39 is 0 Å². The molecule has 0 fully saturated rings. The summed E-state index contributed by atoms with van der Waals surface area (Å²) in [6.45, 7) is 4.50. The number of ether oxygens (including phenoxy) is 1. The molecule has 1 rings (SSSR count). The molecule has 2 heteroatoms. The van der Waals surface area contributed by atoms with Gasteiger partial charge in [0.25, 0.3) is 0 Å². The molecular formula is C13H16O2. The number of rotatable bonds is 4. The second-order valence-electron chi connectivity index (χ2n) is 3.57. The SMILES string of the molecule is CC(C)=CCCOC(=O)c1ccccc1. The van der Waals surface area contributed by atoms with Crippen LogP contribution in [0.4, 0.5) is 0 Å². The Morgan fingerprint density at radius 2 is 1.93 bits per heavy atom. The summed E-state index contributed by atoms with van der Waals surface area (Å²) in [7, 11) is 0. The lowest BCUT2D eigenvalue weighted by Gasteiger charge is -2.02. The number of hydrogen-bond acceptors (Lipinski definition) is 2. The molecule has 0 atom stereocenters. The Morgan fingerprint density at radius 1 is 1.27 bits per heavy atom. The molecule has 0 saturated heterocycles. The topological polar surface area (TPSA) is 26.3 Å². The first kappa shape index (κ1) is 11.5. The van der Waals surface area contributed by atoms with Crippen molar-refractivity contribution in [2.45, 2.75) is 20.3 Å². The Labute approximate surface area is 90.6 Å². The van der Waals surface area contributed by atoms with Crippen molar-refractivity contribution >= 4 is 5.97 Å². The van der Waals surface area contributed by atoms with Gasteiger partial charge in [-0.2, -0.15) is 0 Å². The molecule has 0 unspecified atom stereocenters. The molecule has 0 amide bonds. The lowest BCUT2D eigenvalue weighted by atomic mass is 10.2. The first-order valence-electron chi connectivity index (χ1n) is 5.05. The molecule has 15 heavy (non-hydrogen) atoms. The van der Waals surface area contributed by atoms with E-state index in [1.807, 2.05) is 32.0 Å². The second kappa shape index (κ2) is 6.02. The molecule has 0 spiro atoms. The zero-order valence-electron chi connectivity index (χ0n) is 9.19. The minimum Gasteiger partial charge on any atom is -0.462 e. The lowest BCUT2D eigenvalue weighted by molar-refractivity contribution is 0.0511. The second-order valence-corrected chi connectivity index (χ2v) is 3.57. The Balaban J connectivity index is 2.35. The Bertz CT molecular complexity index is 335. The summed E-state index contributed by atoms with van der Waals surface area (Å²) >= 11 is 0. The van der Waals surface area contributed by atoms with Crippen molar-refractivity contribution in [3.05, 3.63) is 47.5 Å². The van der Waals surface area contributed by atoms with Crippen LogP contribution in [-0.2, 0) is 4.74 Å². The zero-order chi connectivity index (χ0) is 11.1. The van der Waals surface area contributed by atoms with E-state index in [4.69, 9.17) is 4.74 Å². The van der Waals surface area contributed by atoms with Gasteiger partial charge in [0, 0.05) is 0 Å². The van der Waals surface area contributed by atoms with Crippen LogP contribution in [-0.4, -0.2) is 12.6 Å². The summed E-state index contributed by atoms with van der Waals surface area (Å²) in [4.78, 5) is 11.4. The summed E-state index contributed by atoms with van der Waals surface area (Å²) in [5.74, 6) is -0.252. The van der Waals surface area contributed by atoms with Gasteiger partial charge in [0.05, 0.1) is 12.2 Å². The van der Waals surface area contributed by atoms with Gasteiger partial charge in [-0.15, -0.1) is 0 Å². The highest BCUT2D eigenvalue weighted by Crippen LogP contribution is 2.02. The largest absolute Gasteiger partial charge is 0.462 e. The monoisotopic (exact) mass is 204 g/mol. The van der Waals surface area contributed by atoms with E-state index in [1.54, 1.807) is 12.1 Å². The van der Waals surface area contributed by atoms with Crippen LogP contribution in [0.3, 0.4) is 0 Å². The minimum atomic E-state index is -0.252. The van der Waals surface area contributed by atoms with Crippen molar-refractivity contribution in [3.8, 4) is 0 Å². The van der Waals surface area contributed by atoms with Crippen molar-refractivity contribution in [3.63, 3.8) is 0 Å². The first-order valence-corrected chi connectivity index (χ1v) is 5.05. The summed E-state index contributed by atoms with van der Waals surface area (Å²) in [5.41, 5.74) is 1.85. The normalized spacial score (nSPS) is 9.47. The third-order valence-corrected chi connectivity index (χ3v) is 1.91. The molecule has 0 N–H and O–H groups in total. The third-order valence-electron chi connectivity index (χ3n) is 1.91. The molecule has 80 valence electrons. The number of hydrogen-bond donors (Lipinski definition) is 0. The van der Waals surface area contributed by atoms with E-state index >= 15 is 0 Å². The van der Waals surface area contributed by atoms with Crippen molar-refractivity contribution in [1.82, 2.24) is 0 Å². The van der Waals surface area contributed by atoms with Gasteiger partial charge in [-0.25, -0.2) is 4.79 Å². The maximum absolute atomic E-state index is 11.4. The van der Waals surface area contributed by atoms with Crippen molar-refractivity contribution < 1.29 is 9.53 Å². The number of allylic oxidation sites excluding steroid dienone is 1. The highest BCUT2D eigenvalue weighted by molar-refractivity contribution is 5.89. The van der Waals surface area contributed by atoms with Crippen molar-refractivity contribution in [2.24, 2.45) is 0 Å². The predicted octanol–water partition coefficient (Wildman–Crippen LogP) is 3.20. The van der Waals surface area contributed by atoms with Crippen molar-refractivity contribution in [2.75, 3.05) is 6.61 Å². The number of carbonyl (C=O) groups excluding carboxylic acids is 1. The first-order chi connectivity index (χ1) is 7.20. The van der Waals surface area contributed by atoms with Crippen LogP contribution in [0.15, 0.2) is 42.0 Å². The molecule has 1 aromatic carbocycles. The van der Waals surface area contributed by atoms with Gasteiger partial charge < -0.3 is 4.74 Å². The fraction of sp³-hybridized carbons (Fsp3) is 0.308. The van der Waals surface area contributed by atoms with Crippen LogP contribution in [0.1, 0.15) is 30.6 Å². The van der Waals surface area contributed by atoms with E-state index in [-0.39, 0.29) is 5.97 Å². The van der Waals surface area contributed by atoms with Gasteiger partial charge in [0.2, 0.25) is 0 Å². The standard InChI is InChI=1S/C13H16O2/c1-11(2)7-6-10-15-13(14)12-8-4-3-5-9-12/h3-5,7-9H,6,10H2,1-2H3. The Morgan fingerprint density at radius 3 is 2.53 bits per heavy atom. The predicted molar refractivity (Wildman–Crippen MR) is 60.8 cm³/mol. The Hall–Kier alpha value is -1.57. The molecular weight excluding hydrogens is 188 g/mol. The number of benzene rings is 1.